The van der Waals surface area contributed by atoms with E-state index < -0.39 is 12.8 Å². The van der Waals surface area contributed by atoms with Crippen LogP contribution in [0.2, 0.25) is 0 Å². The number of halogens is 3. The summed E-state index contributed by atoms with van der Waals surface area (Å²) in [4.78, 5) is 7.93. The highest BCUT2D eigenvalue weighted by Crippen LogP contribution is 2.19. The van der Waals surface area contributed by atoms with Crippen LogP contribution in [-0.2, 0) is 13.1 Å². The maximum absolute atomic E-state index is 12.3. The number of aromatic nitrogens is 1. The summed E-state index contributed by atoms with van der Waals surface area (Å²) >= 11 is 1.60. The molecular formula is C15H17F3N4OS. The zero-order valence-electron chi connectivity index (χ0n) is 12.9. The molecule has 0 amide bonds. The molecule has 0 spiro atoms. The Morgan fingerprint density at radius 3 is 2.75 bits per heavy atom. The number of nitrogens with zero attached hydrogens (tertiary/aromatic N) is 2. The SMILES string of the molecule is CN=C(NCc1ccsc1)NCc1cccnc1OCC(F)(F)F. The van der Waals surface area contributed by atoms with Crippen LogP contribution in [0.1, 0.15) is 11.1 Å². The molecule has 2 N–H and O–H groups in total. The number of pyridine rings is 1. The highest BCUT2D eigenvalue weighted by atomic mass is 32.1. The van der Waals surface area contributed by atoms with Crippen LogP contribution in [0.4, 0.5) is 13.2 Å². The molecular weight excluding hydrogens is 341 g/mol. The summed E-state index contributed by atoms with van der Waals surface area (Å²) in [7, 11) is 1.62. The van der Waals surface area contributed by atoms with E-state index in [-0.39, 0.29) is 12.4 Å². The van der Waals surface area contributed by atoms with Crippen molar-refractivity contribution in [3.8, 4) is 5.88 Å². The fourth-order valence-electron chi connectivity index (χ4n) is 1.82. The first-order chi connectivity index (χ1) is 11.5. The zero-order valence-corrected chi connectivity index (χ0v) is 13.7. The third kappa shape index (κ3) is 6.07. The van der Waals surface area contributed by atoms with Crippen LogP contribution < -0.4 is 15.4 Å². The number of hydrogen-bond donors (Lipinski definition) is 2. The molecule has 9 heteroatoms. The molecule has 0 saturated carbocycles. The molecule has 5 nitrogen and oxygen atoms in total. The summed E-state index contributed by atoms with van der Waals surface area (Å²) in [6, 6.07) is 5.28. The van der Waals surface area contributed by atoms with Gasteiger partial charge in [-0.1, -0.05) is 6.07 Å². The van der Waals surface area contributed by atoms with Gasteiger partial charge >= 0.3 is 6.18 Å². The largest absolute Gasteiger partial charge is 0.468 e. The van der Waals surface area contributed by atoms with Crippen molar-refractivity contribution >= 4 is 17.3 Å². The van der Waals surface area contributed by atoms with Gasteiger partial charge in [0, 0.05) is 31.9 Å². The van der Waals surface area contributed by atoms with E-state index in [0.29, 0.717) is 18.1 Å². The van der Waals surface area contributed by atoms with Crippen LogP contribution in [-0.4, -0.2) is 30.8 Å². The smallest absolute Gasteiger partial charge is 0.422 e. The molecule has 0 aliphatic rings. The lowest BCUT2D eigenvalue weighted by atomic mass is 10.2. The number of guanidine groups is 1. The fraction of sp³-hybridized carbons (Fsp3) is 0.333. The number of nitrogens with one attached hydrogen (secondary N) is 2. The van der Waals surface area contributed by atoms with E-state index in [1.54, 1.807) is 30.5 Å². The third-order valence-corrected chi connectivity index (χ3v) is 3.66. The second kappa shape index (κ2) is 8.53. The van der Waals surface area contributed by atoms with Gasteiger partial charge in [-0.2, -0.15) is 24.5 Å². The number of hydrogen-bond acceptors (Lipinski definition) is 4. The molecule has 0 unspecified atom stereocenters. The van der Waals surface area contributed by atoms with Crippen LogP contribution in [0.15, 0.2) is 40.1 Å². The molecule has 130 valence electrons. The second-order valence-electron chi connectivity index (χ2n) is 4.78. The lowest BCUT2D eigenvalue weighted by Gasteiger charge is -2.14. The minimum atomic E-state index is -4.40. The summed E-state index contributed by atoms with van der Waals surface area (Å²) in [6.07, 6.45) is -3.01. The monoisotopic (exact) mass is 358 g/mol. The first-order valence-electron chi connectivity index (χ1n) is 7.07. The highest BCUT2D eigenvalue weighted by molar-refractivity contribution is 7.07. The van der Waals surface area contributed by atoms with Gasteiger partial charge in [-0.15, -0.1) is 0 Å². The van der Waals surface area contributed by atoms with E-state index >= 15 is 0 Å². The van der Waals surface area contributed by atoms with Crippen molar-refractivity contribution < 1.29 is 17.9 Å². The van der Waals surface area contributed by atoms with Gasteiger partial charge in [0.05, 0.1) is 0 Å². The van der Waals surface area contributed by atoms with Gasteiger partial charge in [-0.25, -0.2) is 4.98 Å². The molecule has 2 rings (SSSR count). The van der Waals surface area contributed by atoms with Crippen LogP contribution in [0.3, 0.4) is 0 Å². The van der Waals surface area contributed by atoms with Crippen LogP contribution in [0, 0.1) is 0 Å². The van der Waals surface area contributed by atoms with Crippen LogP contribution >= 0.6 is 11.3 Å². The summed E-state index contributed by atoms with van der Waals surface area (Å²) in [5.74, 6) is 0.488. The predicted octanol–water partition coefficient (Wildman–Crippen LogP) is 2.95. The Hall–Kier alpha value is -2.29. The fourth-order valence-corrected chi connectivity index (χ4v) is 2.49. The Morgan fingerprint density at radius 2 is 2.08 bits per heavy atom. The molecule has 2 aromatic rings. The van der Waals surface area contributed by atoms with E-state index in [2.05, 4.69) is 20.6 Å². The Morgan fingerprint density at radius 1 is 1.29 bits per heavy atom. The molecule has 0 bridgehead atoms. The molecule has 2 aromatic heterocycles. The van der Waals surface area contributed by atoms with E-state index in [4.69, 9.17) is 4.74 Å². The van der Waals surface area contributed by atoms with Gasteiger partial charge in [0.25, 0.3) is 0 Å². The predicted molar refractivity (Wildman–Crippen MR) is 87.1 cm³/mol. The van der Waals surface area contributed by atoms with Crippen molar-refractivity contribution in [2.75, 3.05) is 13.7 Å². The Labute approximate surface area is 141 Å². The molecule has 0 aromatic carbocycles. The van der Waals surface area contributed by atoms with E-state index in [1.807, 2.05) is 16.8 Å². The van der Waals surface area contributed by atoms with Gasteiger partial charge in [0.1, 0.15) is 0 Å². The van der Waals surface area contributed by atoms with Gasteiger partial charge in [0.15, 0.2) is 12.6 Å². The van der Waals surface area contributed by atoms with Crippen molar-refractivity contribution in [1.82, 2.24) is 15.6 Å². The normalized spacial score (nSPS) is 12.1. The third-order valence-electron chi connectivity index (χ3n) is 2.93. The molecule has 0 aliphatic heterocycles. The average Bonchev–Trinajstić information content (AvgIpc) is 3.06. The molecule has 2 heterocycles. The van der Waals surface area contributed by atoms with Crippen LogP contribution in [0.5, 0.6) is 5.88 Å². The van der Waals surface area contributed by atoms with E-state index in [1.165, 1.54) is 6.20 Å². The summed E-state index contributed by atoms with van der Waals surface area (Å²) in [5, 5.41) is 10.1. The van der Waals surface area contributed by atoms with Crippen molar-refractivity contribution in [2.24, 2.45) is 4.99 Å². The van der Waals surface area contributed by atoms with Crippen molar-refractivity contribution in [1.29, 1.82) is 0 Å². The maximum atomic E-state index is 12.3. The quantitative estimate of drug-likeness (QED) is 0.616. The van der Waals surface area contributed by atoms with E-state index in [0.717, 1.165) is 5.56 Å². The molecule has 24 heavy (non-hydrogen) atoms. The van der Waals surface area contributed by atoms with Gasteiger partial charge < -0.3 is 15.4 Å². The molecule has 0 atom stereocenters. The Balaban J connectivity index is 1.90. The standard InChI is InChI=1S/C15H17F3N4OS/c1-19-14(21-7-11-4-6-24-9-11)22-8-12-3-2-5-20-13(12)23-10-15(16,17)18/h2-6,9H,7-8,10H2,1H3,(H2,19,21,22). The number of alkyl halides is 3. The van der Waals surface area contributed by atoms with Gasteiger partial charge in [0.2, 0.25) is 5.88 Å². The Bertz CT molecular complexity index is 659. The maximum Gasteiger partial charge on any atom is 0.422 e. The summed E-state index contributed by atoms with van der Waals surface area (Å²) in [6.45, 7) is -0.528. The summed E-state index contributed by atoms with van der Waals surface area (Å²) < 4.78 is 41.6. The van der Waals surface area contributed by atoms with Crippen molar-refractivity contribution in [3.63, 3.8) is 0 Å². The Kier molecular flexibility index (Phi) is 6.42. The van der Waals surface area contributed by atoms with Crippen molar-refractivity contribution in [2.45, 2.75) is 19.3 Å². The van der Waals surface area contributed by atoms with Gasteiger partial charge in [-0.05, 0) is 28.5 Å². The molecule has 0 aliphatic carbocycles. The highest BCUT2D eigenvalue weighted by Gasteiger charge is 2.29. The van der Waals surface area contributed by atoms with Crippen LogP contribution in [0.25, 0.3) is 0 Å². The minimum absolute atomic E-state index is 0.0457. The zero-order chi connectivity index (χ0) is 17.4. The average molecular weight is 358 g/mol. The second-order valence-corrected chi connectivity index (χ2v) is 5.56. The minimum Gasteiger partial charge on any atom is -0.468 e. The number of thiophene rings is 1. The topological polar surface area (TPSA) is 58.5 Å². The van der Waals surface area contributed by atoms with Crippen molar-refractivity contribution in [3.05, 3.63) is 46.3 Å². The van der Waals surface area contributed by atoms with Gasteiger partial charge in [-0.3, -0.25) is 4.99 Å². The lowest BCUT2D eigenvalue weighted by Crippen LogP contribution is -2.36. The molecule has 0 fully saturated rings. The molecule has 0 saturated heterocycles. The lowest BCUT2D eigenvalue weighted by molar-refractivity contribution is -0.154. The summed E-state index contributed by atoms with van der Waals surface area (Å²) in [5.41, 5.74) is 1.64. The van der Waals surface area contributed by atoms with E-state index in [9.17, 15) is 13.2 Å². The first-order valence-corrected chi connectivity index (χ1v) is 8.01. The number of ether oxygens (including phenoxy) is 1. The number of rotatable bonds is 6. The first kappa shape index (κ1) is 18.1. The molecule has 0 radical (unpaired) electrons. The number of aliphatic imine (C=N–C) groups is 1.